The van der Waals surface area contributed by atoms with Gasteiger partial charge in [0.25, 0.3) is 5.95 Å². The van der Waals surface area contributed by atoms with E-state index in [1.165, 1.54) is 16.6 Å². The second-order valence-corrected chi connectivity index (χ2v) is 12.8. The third kappa shape index (κ3) is 7.28. The van der Waals surface area contributed by atoms with Gasteiger partial charge in [-0.1, -0.05) is 23.7 Å². The lowest BCUT2D eigenvalue weighted by atomic mass is 10.1. The number of benzene rings is 1. The number of amides is 2. The first kappa shape index (κ1) is 31.6. The summed E-state index contributed by atoms with van der Waals surface area (Å²) in [5.74, 6) is -0.507. The van der Waals surface area contributed by atoms with Gasteiger partial charge in [-0.05, 0) is 90.4 Å². The van der Waals surface area contributed by atoms with Crippen molar-refractivity contribution >= 4 is 35.4 Å². The molecule has 0 bridgehead atoms. The van der Waals surface area contributed by atoms with Gasteiger partial charge in [0.1, 0.15) is 17.0 Å². The molecule has 0 aliphatic carbocycles. The Hall–Kier alpha value is -4.84. The van der Waals surface area contributed by atoms with E-state index in [-0.39, 0.29) is 17.8 Å². The summed E-state index contributed by atoms with van der Waals surface area (Å²) in [7, 11) is 0. The number of aromatic nitrogens is 6. The van der Waals surface area contributed by atoms with Gasteiger partial charge < -0.3 is 9.47 Å². The number of ether oxygens (including phenoxy) is 2. The molecule has 4 aromatic heterocycles. The van der Waals surface area contributed by atoms with E-state index in [1.807, 2.05) is 13.1 Å². The average Bonchev–Trinajstić information content (AvgIpc) is 3.58. The van der Waals surface area contributed by atoms with E-state index < -0.39 is 23.4 Å². The summed E-state index contributed by atoms with van der Waals surface area (Å²) in [5.41, 5.74) is 2.00. The monoisotopic (exact) mass is 633 g/mol. The molecule has 5 aromatic rings. The van der Waals surface area contributed by atoms with Crippen LogP contribution in [0.1, 0.15) is 60.1 Å². The van der Waals surface area contributed by atoms with Gasteiger partial charge in [0, 0.05) is 23.5 Å². The molecule has 2 amide bonds. The number of hydrogen-bond donors (Lipinski definition) is 0. The van der Waals surface area contributed by atoms with Gasteiger partial charge in [-0.3, -0.25) is 4.68 Å². The van der Waals surface area contributed by atoms with Gasteiger partial charge in [-0.2, -0.15) is 10.1 Å². The lowest BCUT2D eigenvalue weighted by Crippen LogP contribution is -2.44. The fourth-order valence-corrected chi connectivity index (χ4v) is 4.56. The van der Waals surface area contributed by atoms with Crippen molar-refractivity contribution in [3.8, 4) is 22.5 Å². The Kier molecular flexibility index (Phi) is 8.37. The molecule has 0 unspecified atom stereocenters. The highest BCUT2D eigenvalue weighted by atomic mass is 35.5. The molecular weight excluding hydrogens is 601 g/mol. The highest BCUT2D eigenvalue weighted by Crippen LogP contribution is 2.31. The minimum absolute atomic E-state index is 0.147. The molecule has 11 nitrogen and oxygen atoms in total. The maximum atomic E-state index is 13.4. The van der Waals surface area contributed by atoms with E-state index in [0.29, 0.717) is 38.1 Å². The van der Waals surface area contributed by atoms with E-state index in [4.69, 9.17) is 26.1 Å². The first-order chi connectivity index (χ1) is 21.1. The Morgan fingerprint density at radius 1 is 0.911 bits per heavy atom. The molecule has 5 rings (SSSR count). The zero-order valence-electron chi connectivity index (χ0n) is 25.9. The summed E-state index contributed by atoms with van der Waals surface area (Å²) in [6, 6.07) is 13.1. The first-order valence-electron chi connectivity index (χ1n) is 14.2. The number of rotatable bonds is 5. The van der Waals surface area contributed by atoms with Crippen LogP contribution in [0.3, 0.4) is 0 Å². The predicted octanol–water partition coefficient (Wildman–Crippen LogP) is 7.73. The van der Waals surface area contributed by atoms with Crippen molar-refractivity contribution in [2.75, 3.05) is 4.90 Å². The largest absolute Gasteiger partial charge is 0.443 e. The van der Waals surface area contributed by atoms with Crippen LogP contribution in [-0.2, 0) is 9.47 Å². The molecule has 0 radical (unpaired) electrons. The summed E-state index contributed by atoms with van der Waals surface area (Å²) in [6.07, 6.45) is 3.22. The number of halogens is 2. The standard InChI is InChI=1S/C32H33ClFN7O4/c1-19(20-8-10-23(34)11-9-20)40-18-22(17-35-40)27-24(33)12-13-25(36-27)21-14-15-39-26(16-21)37-28(38-39)41(29(42)44-31(2,3)4)30(43)45-32(5,6)7/h8-19H,1-7H3/t19-/m1/s1. The van der Waals surface area contributed by atoms with E-state index in [0.717, 1.165) is 5.56 Å². The molecule has 0 spiro atoms. The first-order valence-corrected chi connectivity index (χ1v) is 14.6. The maximum Gasteiger partial charge on any atom is 0.427 e. The van der Waals surface area contributed by atoms with Crippen LogP contribution in [0.4, 0.5) is 19.9 Å². The van der Waals surface area contributed by atoms with E-state index in [1.54, 1.807) is 95.0 Å². The molecule has 0 aliphatic rings. The molecule has 4 heterocycles. The zero-order valence-corrected chi connectivity index (χ0v) is 26.7. The summed E-state index contributed by atoms with van der Waals surface area (Å²) >= 11 is 6.56. The van der Waals surface area contributed by atoms with Crippen molar-refractivity contribution in [1.29, 1.82) is 0 Å². The molecule has 234 valence electrons. The number of imide groups is 1. The van der Waals surface area contributed by atoms with Crippen molar-refractivity contribution in [1.82, 2.24) is 29.4 Å². The van der Waals surface area contributed by atoms with Crippen LogP contribution in [0.2, 0.25) is 5.02 Å². The number of fused-ring (bicyclic) bond motifs is 1. The predicted molar refractivity (Wildman–Crippen MR) is 168 cm³/mol. The number of hydrogen-bond acceptors (Lipinski definition) is 8. The molecule has 1 atom stereocenters. The topological polar surface area (TPSA) is 117 Å². The maximum absolute atomic E-state index is 13.4. The molecule has 13 heteroatoms. The second-order valence-electron chi connectivity index (χ2n) is 12.4. The molecule has 0 N–H and O–H groups in total. The lowest BCUT2D eigenvalue weighted by molar-refractivity contribution is 0.0427. The normalized spacial score (nSPS) is 12.6. The number of anilines is 1. The van der Waals surface area contributed by atoms with Crippen LogP contribution in [-0.4, -0.2) is 52.8 Å². The van der Waals surface area contributed by atoms with Crippen LogP contribution in [0.15, 0.2) is 67.1 Å². The fraction of sp³-hybridized carbons (Fsp3) is 0.312. The smallest absolute Gasteiger partial charge is 0.427 e. The Morgan fingerprint density at radius 3 is 2.18 bits per heavy atom. The Labute approximate surface area is 264 Å². The fourth-order valence-electron chi connectivity index (χ4n) is 4.35. The Bertz CT molecular complexity index is 1850. The molecule has 0 saturated heterocycles. The average molecular weight is 634 g/mol. The SMILES string of the molecule is C[C@H](c1ccc(F)cc1)n1cc(-c2nc(-c3ccn4nc(N(C(=O)OC(C)(C)C)C(=O)OC(C)(C)C)nc4c3)ccc2Cl)cn1. The summed E-state index contributed by atoms with van der Waals surface area (Å²) in [6.45, 7) is 12.1. The van der Waals surface area contributed by atoms with Crippen molar-refractivity contribution in [2.45, 2.75) is 65.7 Å². The van der Waals surface area contributed by atoms with Gasteiger partial charge in [0.05, 0.1) is 28.6 Å². The molecule has 0 aliphatic heterocycles. The summed E-state index contributed by atoms with van der Waals surface area (Å²) < 4.78 is 27.5. The van der Waals surface area contributed by atoms with Crippen molar-refractivity contribution in [3.63, 3.8) is 0 Å². The quantitative estimate of drug-likeness (QED) is 0.193. The van der Waals surface area contributed by atoms with Crippen molar-refractivity contribution < 1.29 is 23.5 Å². The molecule has 45 heavy (non-hydrogen) atoms. The summed E-state index contributed by atoms with van der Waals surface area (Å²) in [4.78, 5) is 36.0. The lowest BCUT2D eigenvalue weighted by Gasteiger charge is -2.26. The Morgan fingerprint density at radius 2 is 1.56 bits per heavy atom. The summed E-state index contributed by atoms with van der Waals surface area (Å²) in [5, 5.41) is 9.26. The molecular formula is C32H33ClFN7O4. The van der Waals surface area contributed by atoms with Gasteiger partial charge in [0.2, 0.25) is 0 Å². The number of pyridine rings is 2. The van der Waals surface area contributed by atoms with Crippen LogP contribution in [0.25, 0.3) is 28.2 Å². The van der Waals surface area contributed by atoms with Crippen LogP contribution < -0.4 is 4.90 Å². The molecule has 0 fully saturated rings. The number of nitrogens with zero attached hydrogens (tertiary/aromatic N) is 7. The van der Waals surface area contributed by atoms with Gasteiger partial charge >= 0.3 is 12.2 Å². The van der Waals surface area contributed by atoms with E-state index in [9.17, 15) is 14.0 Å². The minimum atomic E-state index is -0.966. The molecule has 1 aromatic carbocycles. The molecule has 0 saturated carbocycles. The van der Waals surface area contributed by atoms with Crippen LogP contribution >= 0.6 is 11.6 Å². The van der Waals surface area contributed by atoms with Crippen LogP contribution in [0.5, 0.6) is 0 Å². The highest BCUT2D eigenvalue weighted by molar-refractivity contribution is 6.33. The van der Waals surface area contributed by atoms with E-state index >= 15 is 0 Å². The van der Waals surface area contributed by atoms with Crippen molar-refractivity contribution in [3.05, 3.63) is 83.5 Å². The third-order valence-corrected chi connectivity index (χ3v) is 6.75. The number of carbonyl (C=O) groups excluding carboxylic acids is 2. The zero-order chi connectivity index (χ0) is 32.7. The van der Waals surface area contributed by atoms with Crippen molar-refractivity contribution in [2.24, 2.45) is 0 Å². The highest BCUT2D eigenvalue weighted by Gasteiger charge is 2.35. The second kappa shape index (κ2) is 11.9. The van der Waals surface area contributed by atoms with Gasteiger partial charge in [-0.25, -0.2) is 23.5 Å². The van der Waals surface area contributed by atoms with E-state index in [2.05, 4.69) is 15.2 Å². The van der Waals surface area contributed by atoms with Gasteiger partial charge in [-0.15, -0.1) is 10.00 Å². The number of carbonyl (C=O) groups is 2. The third-order valence-electron chi connectivity index (χ3n) is 6.44. The van der Waals surface area contributed by atoms with Crippen LogP contribution in [0, 0.1) is 5.82 Å². The van der Waals surface area contributed by atoms with Gasteiger partial charge in [0.15, 0.2) is 5.65 Å². The Balaban J connectivity index is 1.46. The minimum Gasteiger partial charge on any atom is -0.443 e.